The molecular formula is C18H31NO5. The molecule has 2 aliphatic rings. The number of esters is 1. The fraction of sp³-hybridized carbons (Fsp3) is 0.889. The molecule has 1 N–H and O–H groups in total. The molecule has 0 aromatic heterocycles. The summed E-state index contributed by atoms with van der Waals surface area (Å²) in [7, 11) is 0. The van der Waals surface area contributed by atoms with Gasteiger partial charge in [0.2, 0.25) is 0 Å². The number of rotatable bonds is 5. The summed E-state index contributed by atoms with van der Waals surface area (Å²) in [5, 5.41) is 3.09. The molecule has 1 saturated heterocycles. The van der Waals surface area contributed by atoms with Crippen LogP contribution in [0.25, 0.3) is 0 Å². The Hall–Kier alpha value is -1.14. The fourth-order valence-corrected chi connectivity index (χ4v) is 3.20. The normalized spacial score (nSPS) is 24.7. The third-order valence-electron chi connectivity index (χ3n) is 4.64. The SMILES string of the molecule is CC(C)C(OC(=O)C1COCCO1)C(=O)NC1CCCCCCC1. The van der Waals surface area contributed by atoms with Gasteiger partial charge in [-0.2, -0.15) is 0 Å². The van der Waals surface area contributed by atoms with Gasteiger partial charge in [-0.15, -0.1) is 0 Å². The number of carbonyl (C=O) groups is 2. The van der Waals surface area contributed by atoms with Crippen molar-refractivity contribution in [2.24, 2.45) is 5.92 Å². The minimum atomic E-state index is -0.784. The molecule has 0 aromatic carbocycles. The summed E-state index contributed by atoms with van der Waals surface area (Å²) >= 11 is 0. The molecule has 2 fully saturated rings. The van der Waals surface area contributed by atoms with E-state index in [4.69, 9.17) is 14.2 Å². The molecule has 24 heavy (non-hydrogen) atoms. The Balaban J connectivity index is 1.87. The van der Waals surface area contributed by atoms with E-state index < -0.39 is 18.2 Å². The van der Waals surface area contributed by atoms with Crippen LogP contribution in [0.15, 0.2) is 0 Å². The molecule has 0 bridgehead atoms. The Bertz CT molecular complexity index is 398. The van der Waals surface area contributed by atoms with Gasteiger partial charge in [0.15, 0.2) is 12.2 Å². The van der Waals surface area contributed by atoms with Crippen LogP contribution in [-0.4, -0.2) is 49.9 Å². The van der Waals surface area contributed by atoms with Crippen molar-refractivity contribution >= 4 is 11.9 Å². The average Bonchev–Trinajstić information content (AvgIpc) is 2.55. The molecule has 2 unspecified atom stereocenters. The first-order chi connectivity index (χ1) is 11.6. The maximum Gasteiger partial charge on any atom is 0.338 e. The van der Waals surface area contributed by atoms with Crippen LogP contribution in [0.3, 0.4) is 0 Å². The van der Waals surface area contributed by atoms with Gasteiger partial charge in [0.25, 0.3) is 5.91 Å². The van der Waals surface area contributed by atoms with Gasteiger partial charge < -0.3 is 19.5 Å². The van der Waals surface area contributed by atoms with Crippen LogP contribution in [0, 0.1) is 5.92 Å². The highest BCUT2D eigenvalue weighted by Gasteiger charge is 2.32. The third-order valence-corrected chi connectivity index (χ3v) is 4.64. The largest absolute Gasteiger partial charge is 0.450 e. The van der Waals surface area contributed by atoms with Crippen molar-refractivity contribution < 1.29 is 23.8 Å². The van der Waals surface area contributed by atoms with E-state index in [1.54, 1.807) is 0 Å². The van der Waals surface area contributed by atoms with E-state index in [9.17, 15) is 9.59 Å². The van der Waals surface area contributed by atoms with E-state index in [0.29, 0.717) is 13.2 Å². The second-order valence-corrected chi connectivity index (χ2v) is 7.09. The molecule has 1 saturated carbocycles. The highest BCUT2D eigenvalue weighted by atomic mass is 16.6. The van der Waals surface area contributed by atoms with E-state index in [0.717, 1.165) is 25.7 Å². The van der Waals surface area contributed by atoms with Crippen molar-refractivity contribution in [3.63, 3.8) is 0 Å². The molecule has 138 valence electrons. The van der Waals surface area contributed by atoms with Gasteiger partial charge in [-0.3, -0.25) is 4.79 Å². The monoisotopic (exact) mass is 341 g/mol. The van der Waals surface area contributed by atoms with Crippen LogP contribution < -0.4 is 5.32 Å². The van der Waals surface area contributed by atoms with Crippen molar-refractivity contribution in [1.82, 2.24) is 5.32 Å². The third kappa shape index (κ3) is 6.06. The summed E-state index contributed by atoms with van der Waals surface area (Å²) in [5.74, 6) is -0.797. The van der Waals surface area contributed by atoms with Gasteiger partial charge in [-0.05, 0) is 18.8 Å². The van der Waals surface area contributed by atoms with Crippen molar-refractivity contribution in [2.75, 3.05) is 19.8 Å². The molecule has 1 aliphatic heterocycles. The van der Waals surface area contributed by atoms with Crippen LogP contribution in [0.2, 0.25) is 0 Å². The quantitative estimate of drug-likeness (QED) is 0.776. The standard InChI is InChI=1S/C18H31NO5/c1-13(2)16(24-18(21)15-12-22-10-11-23-15)17(20)19-14-8-6-4-3-5-7-9-14/h13-16H,3-12H2,1-2H3,(H,19,20). The minimum absolute atomic E-state index is 0.0907. The molecule has 2 rings (SSSR count). The van der Waals surface area contributed by atoms with Crippen LogP contribution in [0.5, 0.6) is 0 Å². The Morgan fingerprint density at radius 3 is 2.29 bits per heavy atom. The summed E-state index contributed by atoms with van der Waals surface area (Å²) in [4.78, 5) is 24.8. The van der Waals surface area contributed by atoms with E-state index in [1.165, 1.54) is 19.3 Å². The average molecular weight is 341 g/mol. The summed E-state index contributed by atoms with van der Waals surface area (Å²) in [6.45, 7) is 4.82. The number of hydrogen-bond acceptors (Lipinski definition) is 5. The molecular weight excluding hydrogens is 310 g/mol. The minimum Gasteiger partial charge on any atom is -0.450 e. The smallest absolute Gasteiger partial charge is 0.338 e. The first-order valence-corrected chi connectivity index (χ1v) is 9.28. The molecule has 0 spiro atoms. The Morgan fingerprint density at radius 1 is 1.04 bits per heavy atom. The summed E-state index contributed by atoms with van der Waals surface area (Å²) in [5.41, 5.74) is 0. The second-order valence-electron chi connectivity index (χ2n) is 7.09. The van der Waals surface area contributed by atoms with Crippen molar-refractivity contribution in [3.8, 4) is 0 Å². The van der Waals surface area contributed by atoms with Crippen molar-refractivity contribution in [2.45, 2.75) is 77.0 Å². The number of amides is 1. The molecule has 0 aromatic rings. The second kappa shape index (κ2) is 9.99. The lowest BCUT2D eigenvalue weighted by molar-refractivity contribution is -0.180. The van der Waals surface area contributed by atoms with Crippen molar-refractivity contribution in [1.29, 1.82) is 0 Å². The van der Waals surface area contributed by atoms with Crippen LogP contribution >= 0.6 is 0 Å². The Morgan fingerprint density at radius 2 is 1.71 bits per heavy atom. The molecule has 1 heterocycles. The Labute approximate surface area is 144 Å². The molecule has 0 radical (unpaired) electrons. The first-order valence-electron chi connectivity index (χ1n) is 9.28. The van der Waals surface area contributed by atoms with Gasteiger partial charge in [0.05, 0.1) is 19.8 Å². The number of hydrogen-bond donors (Lipinski definition) is 1. The zero-order valence-electron chi connectivity index (χ0n) is 14.9. The zero-order valence-corrected chi connectivity index (χ0v) is 14.9. The van der Waals surface area contributed by atoms with Gasteiger partial charge in [-0.1, -0.05) is 46.0 Å². The summed E-state index contributed by atoms with van der Waals surface area (Å²) in [6.07, 6.45) is 6.53. The van der Waals surface area contributed by atoms with E-state index in [-0.39, 0.29) is 24.5 Å². The molecule has 2 atom stereocenters. The molecule has 6 nitrogen and oxygen atoms in total. The maximum absolute atomic E-state index is 12.6. The number of ether oxygens (including phenoxy) is 3. The molecule has 1 amide bonds. The van der Waals surface area contributed by atoms with Gasteiger partial charge >= 0.3 is 5.97 Å². The lowest BCUT2D eigenvalue weighted by Crippen LogP contribution is -2.48. The van der Waals surface area contributed by atoms with Gasteiger partial charge in [0.1, 0.15) is 0 Å². The number of carbonyl (C=O) groups excluding carboxylic acids is 2. The van der Waals surface area contributed by atoms with Crippen LogP contribution in [0.4, 0.5) is 0 Å². The van der Waals surface area contributed by atoms with E-state index >= 15 is 0 Å². The number of nitrogens with one attached hydrogen (secondary N) is 1. The van der Waals surface area contributed by atoms with Crippen LogP contribution in [0.1, 0.15) is 58.8 Å². The predicted octanol–water partition coefficient (Wildman–Crippen LogP) is 2.20. The lowest BCUT2D eigenvalue weighted by Gasteiger charge is -2.28. The highest BCUT2D eigenvalue weighted by molar-refractivity contribution is 5.85. The van der Waals surface area contributed by atoms with E-state index in [1.807, 2.05) is 13.8 Å². The van der Waals surface area contributed by atoms with Gasteiger partial charge in [-0.25, -0.2) is 4.79 Å². The molecule has 6 heteroatoms. The topological polar surface area (TPSA) is 73.9 Å². The van der Waals surface area contributed by atoms with Gasteiger partial charge in [0, 0.05) is 6.04 Å². The lowest BCUT2D eigenvalue weighted by atomic mass is 9.96. The zero-order chi connectivity index (χ0) is 17.4. The first kappa shape index (κ1) is 19.2. The highest BCUT2D eigenvalue weighted by Crippen LogP contribution is 2.18. The maximum atomic E-state index is 12.6. The van der Waals surface area contributed by atoms with E-state index in [2.05, 4.69) is 5.32 Å². The Kier molecular flexibility index (Phi) is 7.99. The summed E-state index contributed by atoms with van der Waals surface area (Å²) < 4.78 is 16.0. The summed E-state index contributed by atoms with van der Waals surface area (Å²) in [6, 6.07) is 0.187. The predicted molar refractivity (Wildman–Crippen MR) is 89.5 cm³/mol. The van der Waals surface area contributed by atoms with Crippen LogP contribution in [-0.2, 0) is 23.8 Å². The fourth-order valence-electron chi connectivity index (χ4n) is 3.20. The molecule has 1 aliphatic carbocycles. The van der Waals surface area contributed by atoms with Crippen molar-refractivity contribution in [3.05, 3.63) is 0 Å².